The van der Waals surface area contributed by atoms with Crippen LogP contribution in [0.4, 0.5) is 0 Å². The predicted octanol–water partition coefficient (Wildman–Crippen LogP) is 4.18. The first-order valence-electron chi connectivity index (χ1n) is 9.70. The quantitative estimate of drug-likeness (QED) is 0.516. The number of hydrogen-bond donors (Lipinski definition) is 1. The highest BCUT2D eigenvalue weighted by Gasteiger charge is 2.17. The minimum absolute atomic E-state index is 0.209. The van der Waals surface area contributed by atoms with Gasteiger partial charge in [-0.05, 0) is 45.4 Å². The van der Waals surface area contributed by atoms with Gasteiger partial charge in [-0.1, -0.05) is 6.92 Å². The van der Waals surface area contributed by atoms with E-state index >= 15 is 0 Å². The molecule has 0 saturated heterocycles. The lowest BCUT2D eigenvalue weighted by Gasteiger charge is -2.12. The average molecular weight is 410 g/mol. The second-order valence-corrected chi connectivity index (χ2v) is 7.88. The molecule has 8 heteroatoms. The largest absolute Gasteiger partial charge is 0.493 e. The smallest absolute Gasteiger partial charge is 0.277 e. The van der Waals surface area contributed by atoms with Crippen LogP contribution in [-0.2, 0) is 6.42 Å². The Morgan fingerprint density at radius 2 is 2.03 bits per heavy atom. The van der Waals surface area contributed by atoms with Gasteiger partial charge in [0.15, 0.2) is 11.3 Å². The number of hydrogen-bond acceptors (Lipinski definition) is 6. The Morgan fingerprint density at radius 3 is 2.72 bits per heavy atom. The van der Waals surface area contributed by atoms with Crippen LogP contribution in [0.15, 0.2) is 28.4 Å². The van der Waals surface area contributed by atoms with Crippen molar-refractivity contribution in [1.82, 2.24) is 24.6 Å². The molecule has 0 saturated carbocycles. The van der Waals surface area contributed by atoms with E-state index in [1.165, 1.54) is 0 Å². The molecule has 4 rings (SSSR count). The second-order valence-electron chi connectivity index (χ2n) is 6.82. The Kier molecular flexibility index (Phi) is 5.19. The maximum Gasteiger partial charge on any atom is 0.277 e. The summed E-state index contributed by atoms with van der Waals surface area (Å²) in [7, 11) is 0. The number of thiazole rings is 1. The molecule has 1 N–H and O–H groups in total. The third-order valence-corrected chi connectivity index (χ3v) is 5.44. The van der Waals surface area contributed by atoms with Crippen molar-refractivity contribution in [1.29, 1.82) is 0 Å². The van der Waals surface area contributed by atoms with Crippen LogP contribution in [0.1, 0.15) is 36.8 Å². The fourth-order valence-corrected chi connectivity index (χ4v) is 4.02. The maximum atomic E-state index is 12.8. The number of aromatic nitrogens is 5. The normalized spacial score (nSPS) is 11.3. The van der Waals surface area contributed by atoms with Gasteiger partial charge in [0, 0.05) is 17.4 Å². The number of benzene rings is 1. The van der Waals surface area contributed by atoms with Crippen molar-refractivity contribution in [2.24, 2.45) is 0 Å². The molecular weight excluding hydrogens is 386 g/mol. The first-order valence-corrected chi connectivity index (χ1v) is 10.6. The molecule has 3 heterocycles. The second kappa shape index (κ2) is 7.79. The van der Waals surface area contributed by atoms with Crippen LogP contribution in [0.2, 0.25) is 0 Å². The van der Waals surface area contributed by atoms with E-state index in [2.05, 4.69) is 21.9 Å². The van der Waals surface area contributed by atoms with Crippen LogP contribution in [0.5, 0.6) is 5.75 Å². The van der Waals surface area contributed by atoms with Crippen LogP contribution < -0.4 is 10.3 Å². The third kappa shape index (κ3) is 3.55. The molecule has 0 fully saturated rings. The number of fused-ring (bicyclic) bond motifs is 1. The number of aromatic amines is 1. The van der Waals surface area contributed by atoms with Gasteiger partial charge in [0.1, 0.15) is 11.6 Å². The summed E-state index contributed by atoms with van der Waals surface area (Å²) in [5, 5.41) is 7.75. The van der Waals surface area contributed by atoms with Crippen molar-refractivity contribution >= 4 is 16.9 Å². The number of rotatable bonds is 6. The highest BCUT2D eigenvalue weighted by Crippen LogP contribution is 2.33. The Hall–Kier alpha value is -3.00. The van der Waals surface area contributed by atoms with Crippen molar-refractivity contribution in [2.45, 2.75) is 40.5 Å². The predicted molar refractivity (Wildman–Crippen MR) is 115 cm³/mol. The minimum Gasteiger partial charge on any atom is -0.493 e. The summed E-state index contributed by atoms with van der Waals surface area (Å²) in [4.78, 5) is 24.9. The highest BCUT2D eigenvalue weighted by molar-refractivity contribution is 7.09. The van der Waals surface area contributed by atoms with Gasteiger partial charge < -0.3 is 9.72 Å². The van der Waals surface area contributed by atoms with Crippen molar-refractivity contribution in [3.05, 3.63) is 50.5 Å². The molecule has 0 spiro atoms. The van der Waals surface area contributed by atoms with Gasteiger partial charge in [-0.15, -0.1) is 16.4 Å². The lowest BCUT2D eigenvalue weighted by molar-refractivity contribution is 0.341. The van der Waals surface area contributed by atoms with E-state index in [1.54, 1.807) is 15.9 Å². The summed E-state index contributed by atoms with van der Waals surface area (Å²) in [6.45, 7) is 8.34. The molecule has 0 aliphatic heterocycles. The molecule has 0 radical (unpaired) electrons. The van der Waals surface area contributed by atoms with Crippen molar-refractivity contribution in [3.63, 3.8) is 0 Å². The SMILES string of the molecule is CCCc1nc(C)c2c(=O)[nH]c(-c3cc(-c4csc(C)n4)ccc3OCC)nn12. The molecule has 0 aliphatic rings. The van der Waals surface area contributed by atoms with Crippen LogP contribution >= 0.6 is 11.3 Å². The summed E-state index contributed by atoms with van der Waals surface area (Å²) >= 11 is 1.60. The number of imidazole rings is 1. The van der Waals surface area contributed by atoms with Crippen LogP contribution in [-0.4, -0.2) is 31.2 Å². The molecular formula is C21H23N5O2S. The highest BCUT2D eigenvalue weighted by atomic mass is 32.1. The molecule has 7 nitrogen and oxygen atoms in total. The molecule has 29 heavy (non-hydrogen) atoms. The van der Waals surface area contributed by atoms with Crippen LogP contribution in [0, 0.1) is 13.8 Å². The first kappa shape index (κ1) is 19.3. The summed E-state index contributed by atoms with van der Waals surface area (Å²) in [6, 6.07) is 5.84. The fourth-order valence-electron chi connectivity index (χ4n) is 3.39. The molecule has 0 unspecified atom stereocenters. The van der Waals surface area contributed by atoms with Crippen molar-refractivity contribution < 1.29 is 4.74 Å². The third-order valence-electron chi connectivity index (χ3n) is 4.67. The molecule has 3 aromatic heterocycles. The van der Waals surface area contributed by atoms with E-state index in [0.717, 1.165) is 40.5 Å². The van der Waals surface area contributed by atoms with E-state index in [4.69, 9.17) is 9.84 Å². The zero-order valence-electron chi connectivity index (χ0n) is 16.9. The van der Waals surface area contributed by atoms with Gasteiger partial charge in [0.2, 0.25) is 0 Å². The number of nitrogens with one attached hydrogen (secondary N) is 1. The van der Waals surface area contributed by atoms with Crippen LogP contribution in [0.25, 0.3) is 28.2 Å². The lowest BCUT2D eigenvalue weighted by atomic mass is 10.1. The van der Waals surface area contributed by atoms with E-state index in [9.17, 15) is 4.79 Å². The van der Waals surface area contributed by atoms with E-state index < -0.39 is 0 Å². The molecule has 0 amide bonds. The van der Waals surface area contributed by atoms with Gasteiger partial charge in [0.25, 0.3) is 5.56 Å². The number of H-pyrrole nitrogens is 1. The average Bonchev–Trinajstić information content (AvgIpc) is 3.26. The van der Waals surface area contributed by atoms with Gasteiger partial charge in [0.05, 0.1) is 28.6 Å². The molecule has 0 bridgehead atoms. The zero-order valence-corrected chi connectivity index (χ0v) is 17.8. The topological polar surface area (TPSA) is 85.2 Å². The maximum absolute atomic E-state index is 12.8. The Labute approximate surface area is 172 Å². The molecule has 0 atom stereocenters. The monoisotopic (exact) mass is 409 g/mol. The summed E-state index contributed by atoms with van der Waals surface area (Å²) < 4.78 is 7.49. The Morgan fingerprint density at radius 1 is 1.21 bits per heavy atom. The van der Waals surface area contributed by atoms with Gasteiger partial charge in [-0.2, -0.15) is 0 Å². The van der Waals surface area contributed by atoms with Gasteiger partial charge in [-0.3, -0.25) is 4.79 Å². The van der Waals surface area contributed by atoms with Crippen LogP contribution in [0.3, 0.4) is 0 Å². The molecule has 1 aromatic carbocycles. The Bertz CT molecular complexity index is 1240. The summed E-state index contributed by atoms with van der Waals surface area (Å²) in [5.74, 6) is 1.91. The lowest BCUT2D eigenvalue weighted by Crippen LogP contribution is -2.16. The zero-order chi connectivity index (χ0) is 20.5. The van der Waals surface area contributed by atoms with Gasteiger partial charge >= 0.3 is 0 Å². The first-order chi connectivity index (χ1) is 14.0. The Balaban J connectivity index is 1.93. The fraction of sp³-hybridized carbons (Fsp3) is 0.333. The van der Waals surface area contributed by atoms with E-state index in [0.29, 0.717) is 29.4 Å². The summed E-state index contributed by atoms with van der Waals surface area (Å²) in [5.41, 5.74) is 3.53. The minimum atomic E-state index is -0.209. The van der Waals surface area contributed by atoms with E-state index in [1.807, 2.05) is 44.4 Å². The number of nitrogens with zero attached hydrogens (tertiary/aromatic N) is 4. The molecule has 150 valence electrons. The standard InChI is InChI=1S/C21H23N5O2S/c1-5-7-18-22-12(3)19-21(27)24-20(25-26(18)19)15-10-14(8-9-17(15)28-6-2)16-11-29-13(4)23-16/h8-11H,5-7H2,1-4H3,(H,24,25,27). The van der Waals surface area contributed by atoms with E-state index in [-0.39, 0.29) is 5.56 Å². The molecule has 4 aromatic rings. The van der Waals surface area contributed by atoms with Gasteiger partial charge in [-0.25, -0.2) is 14.5 Å². The van der Waals surface area contributed by atoms with Crippen molar-refractivity contribution in [3.8, 4) is 28.4 Å². The van der Waals surface area contributed by atoms with Crippen molar-refractivity contribution in [2.75, 3.05) is 6.61 Å². The molecule has 0 aliphatic carbocycles. The number of aryl methyl sites for hydroxylation is 3. The summed E-state index contributed by atoms with van der Waals surface area (Å²) in [6.07, 6.45) is 1.67. The number of ether oxygens (including phenoxy) is 1.